The minimum atomic E-state index is -1.16. The van der Waals surface area contributed by atoms with E-state index in [4.69, 9.17) is 4.74 Å². The highest BCUT2D eigenvalue weighted by molar-refractivity contribution is 6.09. The first-order valence-corrected chi connectivity index (χ1v) is 9.96. The SMILES string of the molecule is CCCCC[C@H](C)NC(=O)CN1C(=O)N[C@@](CC)(c2ccc(OC)cc2)C1=O. The molecule has 1 heterocycles. The van der Waals surface area contributed by atoms with E-state index in [1.54, 1.807) is 31.4 Å². The van der Waals surface area contributed by atoms with Gasteiger partial charge in [-0.05, 0) is 37.5 Å². The number of urea groups is 1. The zero-order valence-corrected chi connectivity index (χ0v) is 17.2. The highest BCUT2D eigenvalue weighted by atomic mass is 16.5. The van der Waals surface area contributed by atoms with Crippen LogP contribution >= 0.6 is 0 Å². The number of carbonyl (C=O) groups excluding carboxylic acids is 3. The van der Waals surface area contributed by atoms with Crippen LogP contribution in [0.3, 0.4) is 0 Å². The summed E-state index contributed by atoms with van der Waals surface area (Å²) in [5, 5.41) is 5.67. The third-order valence-corrected chi connectivity index (χ3v) is 5.24. The summed E-state index contributed by atoms with van der Waals surface area (Å²) in [6.45, 7) is 5.62. The van der Waals surface area contributed by atoms with Gasteiger partial charge in [-0.2, -0.15) is 0 Å². The molecule has 1 aromatic rings. The molecule has 0 spiro atoms. The lowest BCUT2D eigenvalue weighted by molar-refractivity contribution is -0.135. The van der Waals surface area contributed by atoms with Crippen molar-refractivity contribution >= 4 is 17.8 Å². The fraction of sp³-hybridized carbons (Fsp3) is 0.571. The molecule has 1 saturated heterocycles. The Labute approximate surface area is 166 Å². The Balaban J connectivity index is 2.07. The van der Waals surface area contributed by atoms with Crippen LogP contribution in [-0.2, 0) is 15.1 Å². The lowest BCUT2D eigenvalue weighted by Crippen LogP contribution is -2.45. The fourth-order valence-corrected chi connectivity index (χ4v) is 3.52. The molecule has 0 aliphatic carbocycles. The molecule has 7 nitrogen and oxygen atoms in total. The summed E-state index contributed by atoms with van der Waals surface area (Å²) in [7, 11) is 1.57. The van der Waals surface area contributed by atoms with Crippen molar-refractivity contribution in [2.24, 2.45) is 0 Å². The van der Waals surface area contributed by atoms with E-state index in [1.807, 2.05) is 13.8 Å². The van der Waals surface area contributed by atoms with Crippen molar-refractivity contribution in [1.29, 1.82) is 0 Å². The molecule has 0 aromatic heterocycles. The second kappa shape index (κ2) is 9.57. The Morgan fingerprint density at radius 3 is 2.46 bits per heavy atom. The first kappa shape index (κ1) is 21.7. The smallest absolute Gasteiger partial charge is 0.325 e. The highest BCUT2D eigenvalue weighted by Gasteiger charge is 2.51. The van der Waals surface area contributed by atoms with Gasteiger partial charge in [0.15, 0.2) is 0 Å². The first-order valence-electron chi connectivity index (χ1n) is 9.96. The minimum absolute atomic E-state index is 0.0114. The molecule has 0 unspecified atom stereocenters. The number of benzene rings is 1. The van der Waals surface area contributed by atoms with Crippen molar-refractivity contribution in [3.8, 4) is 5.75 Å². The molecule has 4 amide bonds. The number of methoxy groups -OCH3 is 1. The lowest BCUT2D eigenvalue weighted by atomic mass is 9.87. The van der Waals surface area contributed by atoms with Gasteiger partial charge in [-0.25, -0.2) is 4.79 Å². The summed E-state index contributed by atoms with van der Waals surface area (Å²) in [6.07, 6.45) is 4.54. The van der Waals surface area contributed by atoms with Crippen LogP contribution < -0.4 is 15.4 Å². The minimum Gasteiger partial charge on any atom is -0.497 e. The molecule has 28 heavy (non-hydrogen) atoms. The predicted molar refractivity (Wildman–Crippen MR) is 107 cm³/mol. The lowest BCUT2D eigenvalue weighted by Gasteiger charge is -2.26. The number of hydrogen-bond donors (Lipinski definition) is 2. The van der Waals surface area contributed by atoms with Crippen LogP contribution in [0.15, 0.2) is 24.3 Å². The number of amides is 4. The summed E-state index contributed by atoms with van der Waals surface area (Å²) in [4.78, 5) is 38.9. The Morgan fingerprint density at radius 2 is 1.89 bits per heavy atom. The fourth-order valence-electron chi connectivity index (χ4n) is 3.52. The maximum Gasteiger partial charge on any atom is 0.325 e. The molecule has 1 fully saturated rings. The summed E-state index contributed by atoms with van der Waals surface area (Å²) in [6, 6.07) is 6.49. The number of carbonyl (C=O) groups is 3. The van der Waals surface area contributed by atoms with Gasteiger partial charge < -0.3 is 15.4 Å². The van der Waals surface area contributed by atoms with Gasteiger partial charge in [0.25, 0.3) is 5.91 Å². The number of nitrogens with zero attached hydrogens (tertiary/aromatic N) is 1. The quantitative estimate of drug-likeness (QED) is 0.476. The molecule has 1 aromatic carbocycles. The molecular formula is C21H31N3O4. The van der Waals surface area contributed by atoms with Crippen LogP contribution in [0.2, 0.25) is 0 Å². The second-order valence-electron chi connectivity index (χ2n) is 7.27. The zero-order valence-electron chi connectivity index (χ0n) is 17.2. The molecule has 1 aliphatic rings. The number of nitrogens with one attached hydrogen (secondary N) is 2. The van der Waals surface area contributed by atoms with Crippen LogP contribution in [0.5, 0.6) is 5.75 Å². The number of imide groups is 1. The van der Waals surface area contributed by atoms with Crippen LogP contribution in [0.1, 0.15) is 58.4 Å². The van der Waals surface area contributed by atoms with Gasteiger partial charge >= 0.3 is 6.03 Å². The van der Waals surface area contributed by atoms with Gasteiger partial charge in [0.2, 0.25) is 5.91 Å². The predicted octanol–water partition coefficient (Wildman–Crippen LogP) is 2.94. The maximum absolute atomic E-state index is 13.1. The Kier molecular flexibility index (Phi) is 7.43. The van der Waals surface area contributed by atoms with E-state index >= 15 is 0 Å². The molecule has 1 aliphatic heterocycles. The second-order valence-corrected chi connectivity index (χ2v) is 7.27. The Hall–Kier alpha value is -2.57. The molecule has 2 rings (SSSR count). The van der Waals surface area contributed by atoms with Crippen molar-refractivity contribution in [2.75, 3.05) is 13.7 Å². The molecule has 154 valence electrons. The standard InChI is InChI=1S/C21H31N3O4/c1-5-7-8-9-15(3)22-18(25)14-24-19(26)21(6-2,23-20(24)27)16-10-12-17(28-4)13-11-16/h10-13,15H,5-9,14H2,1-4H3,(H,22,25)(H,23,27)/t15-,21-/m0/s1. The summed E-state index contributed by atoms with van der Waals surface area (Å²) in [5.74, 6) is -0.0619. The molecule has 2 N–H and O–H groups in total. The normalized spacial score (nSPS) is 20.1. The van der Waals surface area contributed by atoms with E-state index in [2.05, 4.69) is 17.6 Å². The highest BCUT2D eigenvalue weighted by Crippen LogP contribution is 2.33. The topological polar surface area (TPSA) is 87.7 Å². The molecule has 0 radical (unpaired) electrons. The number of unbranched alkanes of at least 4 members (excludes halogenated alkanes) is 2. The van der Waals surface area contributed by atoms with Gasteiger partial charge in [0.05, 0.1) is 7.11 Å². The maximum atomic E-state index is 13.1. The van der Waals surface area contributed by atoms with Gasteiger partial charge in [-0.15, -0.1) is 0 Å². The van der Waals surface area contributed by atoms with E-state index in [-0.39, 0.29) is 18.5 Å². The van der Waals surface area contributed by atoms with Crippen molar-refractivity contribution in [2.45, 2.75) is 64.5 Å². The zero-order chi connectivity index (χ0) is 20.7. The summed E-state index contributed by atoms with van der Waals surface area (Å²) < 4.78 is 5.16. The van der Waals surface area contributed by atoms with Crippen LogP contribution in [0, 0.1) is 0 Å². The number of hydrogen-bond acceptors (Lipinski definition) is 4. The van der Waals surface area contributed by atoms with Gasteiger partial charge in [-0.1, -0.05) is 45.2 Å². The number of ether oxygens (including phenoxy) is 1. The van der Waals surface area contributed by atoms with Gasteiger partial charge in [-0.3, -0.25) is 14.5 Å². The Morgan fingerprint density at radius 1 is 1.21 bits per heavy atom. The van der Waals surface area contributed by atoms with E-state index < -0.39 is 17.5 Å². The van der Waals surface area contributed by atoms with Crippen LogP contribution in [-0.4, -0.2) is 42.4 Å². The van der Waals surface area contributed by atoms with Crippen LogP contribution in [0.25, 0.3) is 0 Å². The molecule has 7 heteroatoms. The third-order valence-electron chi connectivity index (χ3n) is 5.24. The summed E-state index contributed by atoms with van der Waals surface area (Å²) in [5.41, 5.74) is -0.485. The average Bonchev–Trinajstić information content (AvgIpc) is 2.93. The molecule has 0 saturated carbocycles. The molecule has 2 atom stereocenters. The molecular weight excluding hydrogens is 358 g/mol. The van der Waals surface area contributed by atoms with E-state index in [1.165, 1.54) is 0 Å². The van der Waals surface area contributed by atoms with Gasteiger partial charge in [0, 0.05) is 6.04 Å². The summed E-state index contributed by atoms with van der Waals surface area (Å²) >= 11 is 0. The third kappa shape index (κ3) is 4.64. The largest absolute Gasteiger partial charge is 0.497 e. The average molecular weight is 389 g/mol. The monoisotopic (exact) mass is 389 g/mol. The molecule has 0 bridgehead atoms. The number of rotatable bonds is 10. The Bertz CT molecular complexity index is 704. The van der Waals surface area contributed by atoms with E-state index in [9.17, 15) is 14.4 Å². The van der Waals surface area contributed by atoms with Crippen molar-refractivity contribution in [3.63, 3.8) is 0 Å². The van der Waals surface area contributed by atoms with E-state index in [0.29, 0.717) is 17.7 Å². The van der Waals surface area contributed by atoms with E-state index in [0.717, 1.165) is 30.6 Å². The van der Waals surface area contributed by atoms with Crippen molar-refractivity contribution in [3.05, 3.63) is 29.8 Å². The first-order chi connectivity index (χ1) is 13.4. The van der Waals surface area contributed by atoms with Crippen molar-refractivity contribution < 1.29 is 19.1 Å². The van der Waals surface area contributed by atoms with Gasteiger partial charge in [0.1, 0.15) is 17.8 Å². The van der Waals surface area contributed by atoms with Crippen molar-refractivity contribution in [1.82, 2.24) is 15.5 Å². The van der Waals surface area contributed by atoms with Crippen LogP contribution in [0.4, 0.5) is 4.79 Å².